The minimum Gasteiger partial charge on any atom is -0.228 e. The van der Waals surface area contributed by atoms with E-state index in [1.165, 1.54) is 33.4 Å². The van der Waals surface area contributed by atoms with E-state index in [9.17, 15) is 5.26 Å². The van der Waals surface area contributed by atoms with Crippen LogP contribution in [0.25, 0.3) is 78.4 Å². The molecule has 0 saturated carbocycles. The lowest BCUT2D eigenvalue weighted by Crippen LogP contribution is -2.25. The number of benzene rings is 8. The van der Waals surface area contributed by atoms with Gasteiger partial charge in [0.05, 0.1) is 28.4 Å². The molecule has 0 amide bonds. The molecule has 0 unspecified atom stereocenters. The van der Waals surface area contributed by atoms with E-state index >= 15 is 0 Å². The van der Waals surface area contributed by atoms with Gasteiger partial charge in [0.15, 0.2) is 5.82 Å². The maximum absolute atomic E-state index is 10.4. The number of rotatable bonds is 5. The smallest absolute Gasteiger partial charge is 0.160 e. The Morgan fingerprint density at radius 2 is 0.842 bits per heavy atom. The quantitative estimate of drug-likeness (QED) is 0.178. The van der Waals surface area contributed by atoms with Crippen molar-refractivity contribution < 1.29 is 0 Å². The van der Waals surface area contributed by atoms with Gasteiger partial charge in [-0.1, -0.05) is 176 Å². The maximum Gasteiger partial charge on any atom is 0.160 e. The second-order valence-corrected chi connectivity index (χ2v) is 14.8. The molecule has 264 valence electrons. The van der Waals surface area contributed by atoms with Crippen LogP contribution in [-0.4, -0.2) is 9.97 Å². The monoisotopic (exact) mass is 723 g/mol. The molecule has 2 aliphatic rings. The van der Waals surface area contributed by atoms with E-state index < -0.39 is 5.41 Å². The summed E-state index contributed by atoms with van der Waals surface area (Å²) in [7, 11) is 0. The third-order valence-electron chi connectivity index (χ3n) is 11.8. The molecule has 0 radical (unpaired) electrons. The first-order valence-corrected chi connectivity index (χ1v) is 19.3. The van der Waals surface area contributed by atoms with Crippen LogP contribution in [0.4, 0.5) is 0 Å². The van der Waals surface area contributed by atoms with Crippen LogP contribution < -0.4 is 0 Å². The van der Waals surface area contributed by atoms with Crippen molar-refractivity contribution in [1.82, 2.24) is 9.97 Å². The van der Waals surface area contributed by atoms with E-state index in [4.69, 9.17) is 9.97 Å². The molecule has 0 N–H and O–H groups in total. The molecule has 0 saturated heterocycles. The molecule has 0 aliphatic heterocycles. The largest absolute Gasteiger partial charge is 0.228 e. The first-order valence-electron chi connectivity index (χ1n) is 19.3. The molecule has 1 aromatic heterocycles. The Morgan fingerprint density at radius 1 is 0.351 bits per heavy atom. The lowest BCUT2D eigenvalue weighted by Gasteiger charge is -2.30. The fourth-order valence-electron chi connectivity index (χ4n) is 9.24. The molecule has 2 aliphatic carbocycles. The number of hydrogen-bond acceptors (Lipinski definition) is 3. The highest BCUT2D eigenvalue weighted by Crippen LogP contribution is 2.63. The second-order valence-electron chi connectivity index (χ2n) is 14.8. The summed E-state index contributed by atoms with van der Waals surface area (Å²) in [6.45, 7) is 0. The van der Waals surface area contributed by atoms with Crippen molar-refractivity contribution in [2.75, 3.05) is 0 Å². The highest BCUT2D eigenvalue weighted by molar-refractivity contribution is 5.97. The summed E-state index contributed by atoms with van der Waals surface area (Å²) in [5, 5.41) is 10.4. The molecule has 8 aromatic carbocycles. The van der Waals surface area contributed by atoms with Gasteiger partial charge in [-0.2, -0.15) is 5.26 Å². The van der Waals surface area contributed by atoms with Crippen LogP contribution in [-0.2, 0) is 5.41 Å². The normalized spacial score (nSPS) is 12.7. The van der Waals surface area contributed by atoms with Crippen molar-refractivity contribution in [3.05, 3.63) is 228 Å². The van der Waals surface area contributed by atoms with Gasteiger partial charge in [-0.25, -0.2) is 9.97 Å². The number of hydrogen-bond donors (Lipinski definition) is 0. The summed E-state index contributed by atoms with van der Waals surface area (Å²) in [6, 6.07) is 73.1. The van der Waals surface area contributed by atoms with Crippen molar-refractivity contribution in [2.45, 2.75) is 5.41 Å². The van der Waals surface area contributed by atoms with Crippen LogP contribution in [0.2, 0.25) is 0 Å². The Kier molecular flexibility index (Phi) is 7.45. The molecule has 3 heteroatoms. The Bertz CT molecular complexity index is 3020. The molecule has 0 bridgehead atoms. The summed E-state index contributed by atoms with van der Waals surface area (Å²) in [5.41, 5.74) is 19.0. The van der Waals surface area contributed by atoms with Crippen LogP contribution in [0.5, 0.6) is 0 Å². The summed E-state index contributed by atoms with van der Waals surface area (Å²) in [4.78, 5) is 10.3. The number of nitriles is 1. The van der Waals surface area contributed by atoms with E-state index in [2.05, 4.69) is 170 Å². The number of fused-ring (bicyclic) bond motifs is 10. The third-order valence-corrected chi connectivity index (χ3v) is 11.8. The minimum absolute atomic E-state index is 0.524. The fraction of sp³-hybridized carbons (Fsp3) is 0.0185. The summed E-state index contributed by atoms with van der Waals surface area (Å²) < 4.78 is 0. The average Bonchev–Trinajstić information content (AvgIpc) is 3.77. The Labute approximate surface area is 331 Å². The highest BCUT2D eigenvalue weighted by Gasteiger charge is 2.52. The van der Waals surface area contributed by atoms with Gasteiger partial charge in [0, 0.05) is 22.3 Å². The van der Waals surface area contributed by atoms with Gasteiger partial charge in [-0.3, -0.25) is 0 Å². The van der Waals surface area contributed by atoms with Gasteiger partial charge in [-0.05, 0) is 85.5 Å². The highest BCUT2D eigenvalue weighted by atomic mass is 14.9. The van der Waals surface area contributed by atoms with Gasteiger partial charge in [-0.15, -0.1) is 0 Å². The van der Waals surface area contributed by atoms with Crippen molar-refractivity contribution in [3.63, 3.8) is 0 Å². The Balaban J connectivity index is 1.03. The Hall–Kier alpha value is -7.67. The SMILES string of the molecule is N#Cc1cccc2c1-c1ccc(-c3ccc(-c4cc(-c5ccccc5)nc(-c5cccc(-c6ccccc6)c5)n4)cc3)cc1C21c2ccccc2-c2ccccc21. The zero-order chi connectivity index (χ0) is 37.9. The standard InChI is InChI=1S/C54H33N3/c55-34-42-19-12-24-48-52(42)45-30-29-40(32-49(45)54(48)46-22-9-7-20-43(46)44-21-8-10-23-47(44)54)36-25-27-38(28-26-36)51-33-50(37-15-5-2-6-16-37)56-53(57-51)41-18-11-17-39(31-41)35-13-3-1-4-14-35/h1-33H. The van der Waals surface area contributed by atoms with Gasteiger partial charge < -0.3 is 0 Å². The third kappa shape index (κ3) is 5.05. The van der Waals surface area contributed by atoms with Crippen molar-refractivity contribution in [2.24, 2.45) is 0 Å². The molecule has 1 spiro atoms. The molecule has 0 atom stereocenters. The van der Waals surface area contributed by atoms with Crippen LogP contribution in [0.1, 0.15) is 27.8 Å². The molecule has 1 heterocycles. The molecular weight excluding hydrogens is 691 g/mol. The molecular formula is C54H33N3. The molecule has 57 heavy (non-hydrogen) atoms. The van der Waals surface area contributed by atoms with Gasteiger partial charge >= 0.3 is 0 Å². The van der Waals surface area contributed by atoms with Crippen molar-refractivity contribution in [3.8, 4) is 84.5 Å². The molecule has 0 fully saturated rings. The van der Waals surface area contributed by atoms with Crippen LogP contribution in [0.3, 0.4) is 0 Å². The molecule has 11 rings (SSSR count). The molecule has 3 nitrogen and oxygen atoms in total. The zero-order valence-electron chi connectivity index (χ0n) is 30.9. The fourth-order valence-corrected chi connectivity index (χ4v) is 9.24. The topological polar surface area (TPSA) is 49.6 Å². The van der Waals surface area contributed by atoms with E-state index in [1.54, 1.807) is 0 Å². The van der Waals surface area contributed by atoms with E-state index in [0.717, 1.165) is 61.5 Å². The summed E-state index contributed by atoms with van der Waals surface area (Å²) in [6.07, 6.45) is 0. The van der Waals surface area contributed by atoms with E-state index in [-0.39, 0.29) is 0 Å². The van der Waals surface area contributed by atoms with Crippen LogP contribution >= 0.6 is 0 Å². The molecule has 9 aromatic rings. The Morgan fingerprint density at radius 3 is 1.53 bits per heavy atom. The first-order chi connectivity index (χ1) is 28.2. The predicted octanol–water partition coefficient (Wildman–Crippen LogP) is 13.0. The van der Waals surface area contributed by atoms with Gasteiger partial charge in [0.1, 0.15) is 0 Å². The first kappa shape index (κ1) is 32.7. The second kappa shape index (κ2) is 13.0. The van der Waals surface area contributed by atoms with Crippen LogP contribution in [0.15, 0.2) is 200 Å². The number of nitrogens with zero attached hydrogens (tertiary/aromatic N) is 3. The maximum atomic E-state index is 10.4. The number of aromatic nitrogens is 2. The summed E-state index contributed by atoms with van der Waals surface area (Å²) in [5.74, 6) is 0.686. The van der Waals surface area contributed by atoms with Crippen LogP contribution in [0, 0.1) is 11.3 Å². The van der Waals surface area contributed by atoms with Crippen molar-refractivity contribution in [1.29, 1.82) is 5.26 Å². The minimum atomic E-state index is -0.524. The van der Waals surface area contributed by atoms with Gasteiger partial charge in [0.2, 0.25) is 0 Å². The van der Waals surface area contributed by atoms with Gasteiger partial charge in [0.25, 0.3) is 0 Å². The zero-order valence-corrected chi connectivity index (χ0v) is 30.9. The van der Waals surface area contributed by atoms with E-state index in [1.807, 2.05) is 36.4 Å². The summed E-state index contributed by atoms with van der Waals surface area (Å²) >= 11 is 0. The average molecular weight is 724 g/mol. The van der Waals surface area contributed by atoms with Crippen molar-refractivity contribution >= 4 is 0 Å². The van der Waals surface area contributed by atoms with E-state index in [0.29, 0.717) is 11.4 Å². The predicted molar refractivity (Wildman–Crippen MR) is 230 cm³/mol. The lowest BCUT2D eigenvalue weighted by molar-refractivity contribution is 0.794. The lowest BCUT2D eigenvalue weighted by atomic mass is 9.70.